The molecule has 1 heterocycles. The number of nitrogens with zero attached hydrogens (tertiary/aromatic N) is 1. The number of rotatable bonds is 3. The third-order valence-corrected chi connectivity index (χ3v) is 2.78. The average molecular weight is 241 g/mol. The molecule has 2 aromatic rings. The number of benzene rings is 1. The molecule has 0 saturated heterocycles. The number of hydrogen-bond donors (Lipinski definition) is 2. The van der Waals surface area contributed by atoms with E-state index in [-0.39, 0.29) is 11.7 Å². The Morgan fingerprint density at radius 2 is 2.06 bits per heavy atom. The molecule has 4 nitrogen and oxygen atoms in total. The lowest BCUT2D eigenvalue weighted by Crippen LogP contribution is -2.24. The zero-order chi connectivity index (χ0) is 13.0. The molecule has 0 aliphatic carbocycles. The van der Waals surface area contributed by atoms with Crippen molar-refractivity contribution in [1.82, 2.24) is 10.3 Å². The van der Waals surface area contributed by atoms with Gasteiger partial charge in [-0.05, 0) is 30.2 Å². The smallest absolute Gasteiger partial charge is 0.255 e. The van der Waals surface area contributed by atoms with E-state index in [2.05, 4.69) is 10.3 Å². The first-order chi connectivity index (χ1) is 8.68. The van der Waals surface area contributed by atoms with Gasteiger partial charge in [0.1, 0.15) is 5.82 Å². The summed E-state index contributed by atoms with van der Waals surface area (Å²) in [5, 5.41) is 2.84. The lowest BCUT2D eigenvalue weighted by molar-refractivity contribution is 0.0951. The van der Waals surface area contributed by atoms with Crippen molar-refractivity contribution in [2.45, 2.75) is 13.5 Å². The molecule has 0 spiro atoms. The van der Waals surface area contributed by atoms with Gasteiger partial charge in [0.2, 0.25) is 0 Å². The minimum Gasteiger partial charge on any atom is -0.383 e. The molecule has 0 atom stereocenters. The molecule has 0 aliphatic heterocycles. The summed E-state index contributed by atoms with van der Waals surface area (Å²) in [6, 6.07) is 11.3. The van der Waals surface area contributed by atoms with Crippen molar-refractivity contribution in [3.05, 3.63) is 59.3 Å². The lowest BCUT2D eigenvalue weighted by atomic mass is 10.1. The number of anilines is 1. The molecule has 1 amide bonds. The van der Waals surface area contributed by atoms with Gasteiger partial charge in [0.15, 0.2) is 0 Å². The summed E-state index contributed by atoms with van der Waals surface area (Å²) in [6.07, 6.45) is 1.56. The fraction of sp³-hybridized carbons (Fsp3) is 0.143. The van der Waals surface area contributed by atoms with Gasteiger partial charge in [0.05, 0.1) is 5.56 Å². The van der Waals surface area contributed by atoms with Gasteiger partial charge in [-0.25, -0.2) is 4.98 Å². The monoisotopic (exact) mass is 241 g/mol. The van der Waals surface area contributed by atoms with Gasteiger partial charge in [-0.15, -0.1) is 0 Å². The van der Waals surface area contributed by atoms with Gasteiger partial charge in [-0.3, -0.25) is 4.79 Å². The van der Waals surface area contributed by atoms with Crippen LogP contribution in [0, 0.1) is 6.92 Å². The number of hydrogen-bond acceptors (Lipinski definition) is 3. The summed E-state index contributed by atoms with van der Waals surface area (Å²) in [7, 11) is 0. The summed E-state index contributed by atoms with van der Waals surface area (Å²) < 4.78 is 0. The van der Waals surface area contributed by atoms with Crippen LogP contribution < -0.4 is 11.1 Å². The summed E-state index contributed by atoms with van der Waals surface area (Å²) in [6.45, 7) is 2.50. The quantitative estimate of drug-likeness (QED) is 0.862. The second-order valence-electron chi connectivity index (χ2n) is 4.05. The van der Waals surface area contributed by atoms with Crippen LogP contribution in [0.25, 0.3) is 0 Å². The fourth-order valence-electron chi connectivity index (χ4n) is 1.69. The van der Waals surface area contributed by atoms with Gasteiger partial charge in [0.25, 0.3) is 5.91 Å². The van der Waals surface area contributed by atoms with Crippen molar-refractivity contribution in [3.8, 4) is 0 Å². The summed E-state index contributed by atoms with van der Waals surface area (Å²) in [5.74, 6) is 0.0450. The molecule has 0 radical (unpaired) electrons. The van der Waals surface area contributed by atoms with E-state index in [1.165, 1.54) is 0 Å². The molecular weight excluding hydrogens is 226 g/mol. The molecule has 1 aromatic carbocycles. The molecule has 0 unspecified atom stereocenters. The molecule has 0 bridgehead atoms. The molecular formula is C14H15N3O. The molecule has 4 heteroatoms. The fourth-order valence-corrected chi connectivity index (χ4v) is 1.69. The van der Waals surface area contributed by atoms with Crippen LogP contribution in [0.4, 0.5) is 5.82 Å². The maximum Gasteiger partial charge on any atom is 0.255 e. The van der Waals surface area contributed by atoms with Crippen LogP contribution in [0.1, 0.15) is 21.5 Å². The minimum atomic E-state index is -0.205. The number of aryl methyl sites for hydroxylation is 1. The van der Waals surface area contributed by atoms with E-state index < -0.39 is 0 Å². The second-order valence-corrected chi connectivity index (χ2v) is 4.05. The molecule has 1 aromatic heterocycles. The van der Waals surface area contributed by atoms with E-state index in [4.69, 9.17) is 5.73 Å². The largest absolute Gasteiger partial charge is 0.383 e. The standard InChI is InChI=1S/C14H15N3O/c1-10-5-2-3-6-11(10)9-17-14(18)12-7-4-8-16-13(12)15/h2-8H,9H2,1H3,(H2,15,16)(H,17,18). The van der Waals surface area contributed by atoms with E-state index in [1.54, 1.807) is 18.3 Å². The predicted molar refractivity (Wildman–Crippen MR) is 71.0 cm³/mol. The number of amides is 1. The molecule has 92 valence electrons. The van der Waals surface area contributed by atoms with E-state index in [9.17, 15) is 4.79 Å². The summed E-state index contributed by atoms with van der Waals surface area (Å²) >= 11 is 0. The topological polar surface area (TPSA) is 68.0 Å². The van der Waals surface area contributed by atoms with E-state index in [0.717, 1.165) is 11.1 Å². The Morgan fingerprint density at radius 3 is 2.78 bits per heavy atom. The predicted octanol–water partition coefficient (Wildman–Crippen LogP) is 1.90. The number of nitrogen functional groups attached to an aromatic ring is 1. The van der Waals surface area contributed by atoms with Gasteiger partial charge >= 0.3 is 0 Å². The molecule has 0 aliphatic rings. The Kier molecular flexibility index (Phi) is 3.57. The maximum atomic E-state index is 11.9. The van der Waals surface area contributed by atoms with Crippen LogP contribution in [0.5, 0.6) is 0 Å². The second kappa shape index (κ2) is 5.31. The third-order valence-electron chi connectivity index (χ3n) is 2.78. The van der Waals surface area contributed by atoms with Crippen molar-refractivity contribution in [3.63, 3.8) is 0 Å². The number of aromatic nitrogens is 1. The van der Waals surface area contributed by atoms with Crippen molar-refractivity contribution < 1.29 is 4.79 Å². The number of carbonyl (C=O) groups excluding carboxylic acids is 1. The Bertz CT molecular complexity index is 566. The van der Waals surface area contributed by atoms with Crippen molar-refractivity contribution in [2.24, 2.45) is 0 Å². The van der Waals surface area contributed by atoms with Crippen LogP contribution >= 0.6 is 0 Å². The van der Waals surface area contributed by atoms with Gasteiger partial charge in [0, 0.05) is 12.7 Å². The third kappa shape index (κ3) is 2.66. The van der Waals surface area contributed by atoms with Crippen LogP contribution in [0.2, 0.25) is 0 Å². The highest BCUT2D eigenvalue weighted by molar-refractivity contribution is 5.98. The zero-order valence-electron chi connectivity index (χ0n) is 10.2. The van der Waals surface area contributed by atoms with E-state index in [0.29, 0.717) is 12.1 Å². The summed E-state index contributed by atoms with van der Waals surface area (Å²) in [5.41, 5.74) is 8.30. The molecule has 0 fully saturated rings. The number of nitrogens with two attached hydrogens (primary N) is 1. The van der Waals surface area contributed by atoms with Crippen molar-refractivity contribution in [1.29, 1.82) is 0 Å². The maximum absolute atomic E-state index is 11.9. The van der Waals surface area contributed by atoms with E-state index >= 15 is 0 Å². The highest BCUT2D eigenvalue weighted by atomic mass is 16.1. The van der Waals surface area contributed by atoms with Gasteiger partial charge in [-0.1, -0.05) is 24.3 Å². The SMILES string of the molecule is Cc1ccccc1CNC(=O)c1cccnc1N. The normalized spacial score (nSPS) is 10.1. The first kappa shape index (κ1) is 12.1. The zero-order valence-corrected chi connectivity index (χ0v) is 10.2. The van der Waals surface area contributed by atoms with Crippen LogP contribution in [0.15, 0.2) is 42.6 Å². The number of nitrogens with one attached hydrogen (secondary N) is 1. The van der Waals surface area contributed by atoms with Crippen LogP contribution in [-0.2, 0) is 6.54 Å². The molecule has 18 heavy (non-hydrogen) atoms. The average Bonchev–Trinajstić information content (AvgIpc) is 2.38. The number of pyridine rings is 1. The summed E-state index contributed by atoms with van der Waals surface area (Å²) in [4.78, 5) is 15.8. The van der Waals surface area contributed by atoms with Gasteiger partial charge < -0.3 is 11.1 Å². The van der Waals surface area contributed by atoms with Crippen molar-refractivity contribution in [2.75, 3.05) is 5.73 Å². The molecule has 0 saturated carbocycles. The first-order valence-electron chi connectivity index (χ1n) is 5.71. The Balaban J connectivity index is 2.06. The lowest BCUT2D eigenvalue weighted by Gasteiger charge is -2.08. The Morgan fingerprint density at radius 1 is 1.28 bits per heavy atom. The van der Waals surface area contributed by atoms with Crippen LogP contribution in [0.3, 0.4) is 0 Å². The van der Waals surface area contributed by atoms with E-state index in [1.807, 2.05) is 31.2 Å². The minimum absolute atomic E-state index is 0.205. The van der Waals surface area contributed by atoms with Crippen LogP contribution in [-0.4, -0.2) is 10.9 Å². The Hall–Kier alpha value is -2.36. The highest BCUT2D eigenvalue weighted by Gasteiger charge is 2.09. The first-order valence-corrected chi connectivity index (χ1v) is 5.71. The van der Waals surface area contributed by atoms with Gasteiger partial charge in [-0.2, -0.15) is 0 Å². The Labute approximate surface area is 106 Å². The highest BCUT2D eigenvalue weighted by Crippen LogP contribution is 2.09. The van der Waals surface area contributed by atoms with Crippen molar-refractivity contribution >= 4 is 11.7 Å². The molecule has 2 rings (SSSR count). The molecule has 3 N–H and O–H groups in total. The number of carbonyl (C=O) groups is 1.